The van der Waals surface area contributed by atoms with Gasteiger partial charge in [-0.15, -0.1) is 11.3 Å². The van der Waals surface area contributed by atoms with Crippen LogP contribution in [-0.4, -0.2) is 32.1 Å². The van der Waals surface area contributed by atoms with E-state index < -0.39 is 0 Å². The lowest BCUT2D eigenvalue weighted by molar-refractivity contribution is 0.103. The first-order chi connectivity index (χ1) is 14.1. The molecule has 1 aromatic heterocycles. The van der Waals surface area contributed by atoms with Crippen molar-refractivity contribution in [3.05, 3.63) is 64.2 Å². The number of carbonyl (C=O) groups excluding carboxylic acids is 1. The van der Waals surface area contributed by atoms with Gasteiger partial charge < -0.3 is 14.2 Å². The summed E-state index contributed by atoms with van der Waals surface area (Å²) in [7, 11) is 4.72. The predicted molar refractivity (Wildman–Crippen MR) is 114 cm³/mol. The summed E-state index contributed by atoms with van der Waals surface area (Å²) in [6.07, 6.45) is 3.30. The average Bonchev–Trinajstić information content (AvgIpc) is 3.21. The van der Waals surface area contributed by atoms with Gasteiger partial charge >= 0.3 is 0 Å². The summed E-state index contributed by atoms with van der Waals surface area (Å²) in [5.74, 6) is 1.70. The van der Waals surface area contributed by atoms with Crippen molar-refractivity contribution in [1.29, 1.82) is 0 Å². The Bertz CT molecular complexity index is 1060. The van der Waals surface area contributed by atoms with Crippen LogP contribution in [0.2, 0.25) is 0 Å². The monoisotopic (exact) mass is 407 g/mol. The van der Waals surface area contributed by atoms with E-state index in [1.807, 2.05) is 48.5 Å². The molecule has 0 saturated carbocycles. The lowest BCUT2D eigenvalue weighted by Gasteiger charge is -2.15. The predicted octanol–water partition coefficient (Wildman–Crippen LogP) is 5.05. The van der Waals surface area contributed by atoms with Gasteiger partial charge in [0, 0.05) is 11.1 Å². The fraction of sp³-hybridized carbons (Fsp3) is 0.217. The number of rotatable bonds is 5. The Morgan fingerprint density at radius 3 is 2.28 bits per heavy atom. The van der Waals surface area contributed by atoms with Gasteiger partial charge in [0.2, 0.25) is 11.5 Å². The molecule has 148 valence electrons. The number of hydrogen-bond donors (Lipinski definition) is 0. The number of hydrogen-bond acceptors (Lipinski definition) is 6. The smallest absolute Gasteiger partial charge is 0.203 e. The number of ketones is 1. The van der Waals surface area contributed by atoms with Gasteiger partial charge in [-0.3, -0.25) is 4.79 Å². The third-order valence-corrected chi connectivity index (χ3v) is 6.02. The van der Waals surface area contributed by atoms with E-state index in [1.165, 1.54) is 11.3 Å². The number of carbonyl (C=O) groups is 1. The van der Waals surface area contributed by atoms with E-state index in [2.05, 4.69) is 0 Å². The Kier molecular flexibility index (Phi) is 5.36. The SMILES string of the molecule is COc1cc(/C=C2\CCc3nc(-c4ccccc4)sc3C2=O)cc(OC)c1OC. The number of aryl methyl sites for hydroxylation is 1. The zero-order valence-corrected chi connectivity index (χ0v) is 17.3. The molecule has 0 amide bonds. The molecule has 0 unspecified atom stereocenters. The summed E-state index contributed by atoms with van der Waals surface area (Å²) in [5, 5.41) is 0.887. The second kappa shape index (κ2) is 8.09. The largest absolute Gasteiger partial charge is 0.493 e. The molecule has 1 aliphatic carbocycles. The first kappa shape index (κ1) is 19.2. The van der Waals surface area contributed by atoms with Crippen LogP contribution in [0.1, 0.15) is 27.3 Å². The van der Waals surface area contributed by atoms with Crippen LogP contribution in [0.5, 0.6) is 17.2 Å². The molecular weight excluding hydrogens is 386 g/mol. The van der Waals surface area contributed by atoms with E-state index in [-0.39, 0.29) is 5.78 Å². The Morgan fingerprint density at radius 1 is 0.966 bits per heavy atom. The summed E-state index contributed by atoms with van der Waals surface area (Å²) < 4.78 is 16.2. The molecule has 0 spiro atoms. The summed E-state index contributed by atoms with van der Waals surface area (Å²) >= 11 is 1.46. The number of benzene rings is 2. The van der Waals surface area contributed by atoms with E-state index in [1.54, 1.807) is 21.3 Å². The number of thiazole rings is 1. The minimum atomic E-state index is 0.0414. The molecule has 0 aliphatic heterocycles. The van der Waals surface area contributed by atoms with Crippen LogP contribution in [0, 0.1) is 0 Å². The number of methoxy groups -OCH3 is 3. The lowest BCUT2D eigenvalue weighted by Crippen LogP contribution is -2.12. The Labute approximate surface area is 173 Å². The van der Waals surface area contributed by atoms with Crippen LogP contribution >= 0.6 is 11.3 Å². The van der Waals surface area contributed by atoms with Crippen molar-refractivity contribution >= 4 is 23.2 Å². The number of fused-ring (bicyclic) bond motifs is 1. The average molecular weight is 407 g/mol. The standard InChI is InChI=1S/C23H21NO4S/c1-26-18-12-14(13-19(27-2)21(18)28-3)11-16-9-10-17-22(20(16)25)29-23(24-17)15-7-5-4-6-8-15/h4-8,11-13H,9-10H2,1-3H3/b16-11+. The molecule has 1 aliphatic rings. The lowest BCUT2D eigenvalue weighted by atomic mass is 9.94. The Morgan fingerprint density at radius 2 is 1.66 bits per heavy atom. The number of allylic oxidation sites excluding steroid dienone is 1. The molecule has 0 radical (unpaired) electrons. The Hall–Kier alpha value is -3.12. The third kappa shape index (κ3) is 3.63. The van der Waals surface area contributed by atoms with Crippen molar-refractivity contribution in [2.75, 3.05) is 21.3 Å². The molecule has 3 aromatic rings. The molecule has 6 heteroatoms. The van der Waals surface area contributed by atoms with Crippen molar-refractivity contribution in [3.63, 3.8) is 0 Å². The minimum absolute atomic E-state index is 0.0414. The number of ether oxygens (including phenoxy) is 3. The third-order valence-electron chi connectivity index (χ3n) is 4.88. The molecule has 0 bridgehead atoms. The highest BCUT2D eigenvalue weighted by Crippen LogP contribution is 2.40. The molecule has 29 heavy (non-hydrogen) atoms. The summed E-state index contributed by atoms with van der Waals surface area (Å²) in [6, 6.07) is 13.7. The van der Waals surface area contributed by atoms with Crippen LogP contribution in [0.4, 0.5) is 0 Å². The molecule has 0 atom stereocenters. The van der Waals surface area contributed by atoms with Gasteiger partial charge in [0.25, 0.3) is 0 Å². The van der Waals surface area contributed by atoms with Crippen LogP contribution in [0.15, 0.2) is 48.0 Å². The fourth-order valence-electron chi connectivity index (χ4n) is 3.44. The maximum Gasteiger partial charge on any atom is 0.203 e. The van der Waals surface area contributed by atoms with E-state index in [4.69, 9.17) is 19.2 Å². The molecule has 0 N–H and O–H groups in total. The van der Waals surface area contributed by atoms with Gasteiger partial charge in [-0.2, -0.15) is 0 Å². The highest BCUT2D eigenvalue weighted by atomic mass is 32.1. The molecule has 1 heterocycles. The number of nitrogens with zero attached hydrogens (tertiary/aromatic N) is 1. The quantitative estimate of drug-likeness (QED) is 0.554. The highest BCUT2D eigenvalue weighted by Gasteiger charge is 2.27. The van der Waals surface area contributed by atoms with E-state index >= 15 is 0 Å². The molecule has 0 saturated heterocycles. The highest BCUT2D eigenvalue weighted by molar-refractivity contribution is 7.17. The molecular formula is C23H21NO4S. The Balaban J connectivity index is 1.69. The van der Waals surface area contributed by atoms with E-state index in [0.717, 1.165) is 38.7 Å². The summed E-state index contributed by atoms with van der Waals surface area (Å²) in [6.45, 7) is 0. The van der Waals surface area contributed by atoms with Gasteiger partial charge in [0.1, 0.15) is 5.01 Å². The summed E-state index contributed by atoms with van der Waals surface area (Å²) in [5.41, 5.74) is 3.52. The molecule has 5 nitrogen and oxygen atoms in total. The zero-order chi connectivity index (χ0) is 20.4. The first-order valence-corrected chi connectivity index (χ1v) is 10.1. The summed E-state index contributed by atoms with van der Waals surface area (Å²) in [4.78, 5) is 18.5. The van der Waals surface area contributed by atoms with Crippen molar-refractivity contribution in [3.8, 4) is 27.8 Å². The topological polar surface area (TPSA) is 57.7 Å². The van der Waals surface area contributed by atoms with Crippen LogP contribution in [-0.2, 0) is 6.42 Å². The minimum Gasteiger partial charge on any atom is -0.493 e. The van der Waals surface area contributed by atoms with Crippen molar-refractivity contribution in [2.24, 2.45) is 0 Å². The van der Waals surface area contributed by atoms with Gasteiger partial charge in [0.15, 0.2) is 11.5 Å². The van der Waals surface area contributed by atoms with E-state index in [9.17, 15) is 4.79 Å². The van der Waals surface area contributed by atoms with Gasteiger partial charge in [0.05, 0.1) is 31.9 Å². The van der Waals surface area contributed by atoms with Crippen LogP contribution in [0.3, 0.4) is 0 Å². The second-order valence-corrected chi connectivity index (χ2v) is 7.62. The number of aromatic nitrogens is 1. The zero-order valence-electron chi connectivity index (χ0n) is 16.5. The second-order valence-electron chi connectivity index (χ2n) is 6.62. The molecule has 2 aromatic carbocycles. The van der Waals surface area contributed by atoms with Crippen molar-refractivity contribution in [1.82, 2.24) is 4.98 Å². The molecule has 4 rings (SSSR count). The van der Waals surface area contributed by atoms with Gasteiger partial charge in [-0.25, -0.2) is 4.98 Å². The van der Waals surface area contributed by atoms with Crippen LogP contribution in [0.25, 0.3) is 16.6 Å². The number of Topliss-reactive ketones (excluding diaryl/α,β-unsaturated/α-hetero) is 1. The molecule has 0 fully saturated rings. The van der Waals surface area contributed by atoms with Crippen molar-refractivity contribution in [2.45, 2.75) is 12.8 Å². The fourth-order valence-corrected chi connectivity index (χ4v) is 4.53. The van der Waals surface area contributed by atoms with Crippen molar-refractivity contribution < 1.29 is 19.0 Å². The van der Waals surface area contributed by atoms with Crippen LogP contribution < -0.4 is 14.2 Å². The van der Waals surface area contributed by atoms with E-state index in [0.29, 0.717) is 23.7 Å². The maximum absolute atomic E-state index is 13.1. The maximum atomic E-state index is 13.1. The van der Waals surface area contributed by atoms with Gasteiger partial charge in [-0.1, -0.05) is 30.3 Å². The van der Waals surface area contributed by atoms with Gasteiger partial charge in [-0.05, 0) is 36.6 Å². The first-order valence-electron chi connectivity index (χ1n) is 9.25. The normalized spacial score (nSPS) is 14.6.